The lowest BCUT2D eigenvalue weighted by Gasteiger charge is -1.69. The number of hydrogen-bond donors (Lipinski definition) is 1. The van der Waals surface area contributed by atoms with Crippen molar-refractivity contribution in [2.45, 2.75) is 13.3 Å². The molecule has 0 aromatic rings. The second kappa shape index (κ2) is 6.06. The Hall–Kier alpha value is -0.940. The van der Waals surface area contributed by atoms with Crippen molar-refractivity contribution in [3.8, 4) is 0 Å². The summed E-state index contributed by atoms with van der Waals surface area (Å²) in [6.45, 7) is 2.08. The summed E-state index contributed by atoms with van der Waals surface area (Å²) in [5.41, 5.74) is 7.73. The first-order valence-corrected chi connectivity index (χ1v) is 2.69. The molecule has 0 atom stereocenters. The Morgan fingerprint density at radius 3 is 2.88 bits per heavy atom. The molecule has 0 heterocycles. The van der Waals surface area contributed by atoms with Crippen LogP contribution in [0.2, 0.25) is 0 Å². The fourth-order valence-electron chi connectivity index (χ4n) is 0.315. The van der Waals surface area contributed by atoms with Crippen LogP contribution in [0.25, 0.3) is 0 Å². The van der Waals surface area contributed by atoms with E-state index in [2.05, 4.69) is 12.7 Å². The zero-order valence-electron chi connectivity index (χ0n) is 5.09. The monoisotopic (exact) mass is 109 g/mol. The predicted molar refractivity (Wildman–Crippen MR) is 36.3 cm³/mol. The Bertz CT molecular complexity index is 116. The number of nitrogens with two attached hydrogens (primary N) is 1. The Labute approximate surface area is 50.2 Å². The molecule has 0 aliphatic rings. The van der Waals surface area contributed by atoms with Crippen LogP contribution in [0.3, 0.4) is 0 Å². The van der Waals surface area contributed by atoms with Crippen molar-refractivity contribution in [3.05, 3.63) is 30.2 Å². The van der Waals surface area contributed by atoms with Crippen molar-refractivity contribution >= 4 is 0 Å². The minimum absolute atomic E-state index is 1.06. The second-order valence-corrected chi connectivity index (χ2v) is 1.34. The minimum Gasteiger partial charge on any atom is -0.398 e. The molecule has 1 nitrogen and oxygen atoms in total. The molecule has 0 unspecified atom stereocenters. The first-order chi connectivity index (χ1) is 3.91. The van der Waals surface area contributed by atoms with Gasteiger partial charge in [0.2, 0.25) is 0 Å². The highest BCUT2D eigenvalue weighted by atomic mass is 14.5. The van der Waals surface area contributed by atoms with Gasteiger partial charge in [-0.1, -0.05) is 19.1 Å². The molecule has 0 radical (unpaired) electrons. The lowest BCUT2D eigenvalue weighted by Crippen LogP contribution is -1.69. The van der Waals surface area contributed by atoms with Gasteiger partial charge in [0.15, 0.2) is 0 Å². The zero-order valence-corrected chi connectivity index (χ0v) is 5.09. The molecule has 2 N–H and O–H groups in total. The molecule has 0 aromatic carbocycles. The summed E-state index contributed by atoms with van der Waals surface area (Å²) in [7, 11) is 0. The van der Waals surface area contributed by atoms with Gasteiger partial charge >= 0.3 is 0 Å². The molecule has 1 heteroatoms. The van der Waals surface area contributed by atoms with E-state index in [9.17, 15) is 0 Å². The van der Waals surface area contributed by atoms with Crippen LogP contribution in [0.15, 0.2) is 30.2 Å². The second-order valence-electron chi connectivity index (χ2n) is 1.34. The lowest BCUT2D eigenvalue weighted by atomic mass is 10.4. The topological polar surface area (TPSA) is 26.0 Å². The Morgan fingerprint density at radius 2 is 2.38 bits per heavy atom. The van der Waals surface area contributed by atoms with Crippen LogP contribution in [0.4, 0.5) is 0 Å². The van der Waals surface area contributed by atoms with Crippen LogP contribution >= 0.6 is 0 Å². The van der Waals surface area contributed by atoms with Gasteiger partial charge in [-0.3, -0.25) is 0 Å². The maximum Gasteiger partial charge on any atom is 0.0371 e. The Kier molecular flexibility index (Phi) is 5.35. The lowest BCUT2D eigenvalue weighted by molar-refractivity contribution is 1.22. The first-order valence-electron chi connectivity index (χ1n) is 2.69. The Balaban J connectivity index is 3.42. The van der Waals surface area contributed by atoms with Crippen LogP contribution in [0.5, 0.6) is 0 Å². The molecule has 8 heavy (non-hydrogen) atoms. The van der Waals surface area contributed by atoms with E-state index in [-0.39, 0.29) is 0 Å². The average molecular weight is 109 g/mol. The summed E-state index contributed by atoms with van der Waals surface area (Å²) in [6.07, 6.45) is 8.19. The van der Waals surface area contributed by atoms with Crippen molar-refractivity contribution in [1.82, 2.24) is 0 Å². The molecule has 0 spiro atoms. The minimum atomic E-state index is 1.06. The molecule has 0 fully saturated rings. The van der Waals surface area contributed by atoms with E-state index in [0.717, 1.165) is 6.42 Å². The third-order valence-electron chi connectivity index (χ3n) is 0.660. The van der Waals surface area contributed by atoms with Crippen molar-refractivity contribution in [1.29, 1.82) is 0 Å². The number of allylic oxidation sites excluding steroid dienone is 3. The predicted octanol–water partition coefficient (Wildman–Crippen LogP) is 1.58. The van der Waals surface area contributed by atoms with Crippen molar-refractivity contribution < 1.29 is 0 Å². The van der Waals surface area contributed by atoms with E-state index in [1.54, 1.807) is 6.08 Å². The van der Waals surface area contributed by atoms with Gasteiger partial charge in [0.25, 0.3) is 0 Å². The number of hydrogen-bond acceptors (Lipinski definition) is 1. The molecule has 0 bridgehead atoms. The first kappa shape index (κ1) is 7.06. The average Bonchev–Trinajstić information content (AvgIpc) is 1.81. The van der Waals surface area contributed by atoms with E-state index in [4.69, 9.17) is 5.73 Å². The van der Waals surface area contributed by atoms with Gasteiger partial charge in [-0.05, 0) is 12.5 Å². The van der Waals surface area contributed by atoms with Gasteiger partial charge in [0.1, 0.15) is 0 Å². The molecule has 0 aliphatic carbocycles. The summed E-state index contributed by atoms with van der Waals surface area (Å²) in [5, 5.41) is 0. The van der Waals surface area contributed by atoms with Crippen LogP contribution in [-0.2, 0) is 0 Å². The maximum atomic E-state index is 5.01. The molecular formula is C7H11N. The van der Waals surface area contributed by atoms with Gasteiger partial charge in [-0.25, -0.2) is 0 Å². The van der Waals surface area contributed by atoms with Gasteiger partial charge in [0, 0.05) is 6.20 Å². The summed E-state index contributed by atoms with van der Waals surface area (Å²) in [5.74, 6) is 0. The van der Waals surface area contributed by atoms with E-state index < -0.39 is 0 Å². The summed E-state index contributed by atoms with van der Waals surface area (Å²) in [6, 6.07) is 0. The molecule has 0 saturated heterocycles. The summed E-state index contributed by atoms with van der Waals surface area (Å²) >= 11 is 0. The molecule has 0 aromatic heterocycles. The zero-order chi connectivity index (χ0) is 6.24. The van der Waals surface area contributed by atoms with E-state index in [1.807, 2.05) is 12.2 Å². The molecule has 0 saturated carbocycles. The van der Waals surface area contributed by atoms with Gasteiger partial charge in [-0.2, -0.15) is 0 Å². The SMILES string of the molecule is CC/C=C\C=C=CN. The number of rotatable bonds is 2. The van der Waals surface area contributed by atoms with Crippen molar-refractivity contribution in [2.24, 2.45) is 5.73 Å². The van der Waals surface area contributed by atoms with Crippen molar-refractivity contribution in [2.75, 3.05) is 0 Å². The normalized spacial score (nSPS) is 8.62. The van der Waals surface area contributed by atoms with E-state index >= 15 is 0 Å². The summed E-state index contributed by atoms with van der Waals surface area (Å²) in [4.78, 5) is 0. The van der Waals surface area contributed by atoms with Gasteiger partial charge < -0.3 is 5.73 Å². The summed E-state index contributed by atoms with van der Waals surface area (Å²) < 4.78 is 0. The van der Waals surface area contributed by atoms with Gasteiger partial charge in [-0.15, -0.1) is 5.73 Å². The highest BCUT2D eigenvalue weighted by Crippen LogP contribution is 1.78. The van der Waals surface area contributed by atoms with Crippen LogP contribution < -0.4 is 5.73 Å². The fourth-order valence-corrected chi connectivity index (χ4v) is 0.315. The third kappa shape index (κ3) is 5.06. The largest absolute Gasteiger partial charge is 0.398 e. The van der Waals surface area contributed by atoms with Crippen LogP contribution in [-0.4, -0.2) is 0 Å². The molecule has 0 amide bonds. The van der Waals surface area contributed by atoms with E-state index in [0.29, 0.717) is 0 Å². The molecule has 44 valence electrons. The molecule has 0 rings (SSSR count). The van der Waals surface area contributed by atoms with Gasteiger partial charge in [0.05, 0.1) is 0 Å². The molecular weight excluding hydrogens is 98.1 g/mol. The fraction of sp³-hybridized carbons (Fsp3) is 0.286. The van der Waals surface area contributed by atoms with Crippen LogP contribution in [0.1, 0.15) is 13.3 Å². The quantitative estimate of drug-likeness (QED) is 0.423. The smallest absolute Gasteiger partial charge is 0.0371 e. The third-order valence-corrected chi connectivity index (χ3v) is 0.660. The van der Waals surface area contributed by atoms with Crippen molar-refractivity contribution in [3.63, 3.8) is 0 Å². The highest BCUT2D eigenvalue weighted by molar-refractivity contribution is 5.00. The Morgan fingerprint density at radius 1 is 1.62 bits per heavy atom. The standard InChI is InChI=1S/C7H11N/c1-2-3-4-5-6-7-8/h3-5,7H,2,8H2,1H3/b4-3-. The van der Waals surface area contributed by atoms with Crippen LogP contribution in [0, 0.1) is 0 Å². The maximum absolute atomic E-state index is 5.01. The molecule has 0 aliphatic heterocycles. The highest BCUT2D eigenvalue weighted by Gasteiger charge is 1.57. The van der Waals surface area contributed by atoms with E-state index in [1.165, 1.54) is 6.20 Å².